The van der Waals surface area contributed by atoms with Gasteiger partial charge in [0.2, 0.25) is 0 Å². The average Bonchev–Trinajstić information content (AvgIpc) is 1.96. The van der Waals surface area contributed by atoms with Crippen molar-refractivity contribution >= 4 is 31.2 Å². The Balaban J connectivity index is -0.0000000388. The molecule has 0 atom stereocenters. The van der Waals surface area contributed by atoms with Gasteiger partial charge in [0.1, 0.15) is 12.8 Å². The number of carbonyl (C=O) groups is 4. The zero-order chi connectivity index (χ0) is 15.3. The molecule has 0 spiro atoms. The molecule has 11 nitrogen and oxygen atoms in total. The van der Waals surface area contributed by atoms with Gasteiger partial charge >= 0.3 is 80.5 Å². The van der Waals surface area contributed by atoms with Gasteiger partial charge in [0.15, 0.2) is 0 Å². The second-order valence-electron chi connectivity index (χ2n) is 2.22. The van der Waals surface area contributed by atoms with Crippen LogP contribution in [0.1, 0.15) is 12.8 Å². The van der Waals surface area contributed by atoms with Crippen LogP contribution < -0.4 is 71.7 Å². The molecule has 0 unspecified atom stereocenters. The average molecular weight is 288 g/mol. The Labute approximate surface area is 155 Å². The summed E-state index contributed by atoms with van der Waals surface area (Å²) < 4.78 is 0. The smallest absolute Gasteiger partial charge is 0.907 e. The quantitative estimate of drug-likeness (QED) is 0.281. The first-order valence-electron chi connectivity index (χ1n) is 3.83. The Hall–Kier alpha value is -0.383. The fraction of sp³-hybridized carbons (Fsp3) is 0.333. The standard InChI is InChI=1S/2C3H4O4.BO3.3Li/c2*4-2(5)1-3(6)7;2-1(3)4;;;/h2*1H2,(H,4,5)(H,6,7);;;;/q;;-3;3*+1. The van der Waals surface area contributed by atoms with Gasteiger partial charge in [0, 0.05) is 0 Å². The summed E-state index contributed by atoms with van der Waals surface area (Å²) >= 11 is 0. The van der Waals surface area contributed by atoms with Crippen molar-refractivity contribution in [3.8, 4) is 0 Å². The van der Waals surface area contributed by atoms with Gasteiger partial charge < -0.3 is 35.5 Å². The van der Waals surface area contributed by atoms with Gasteiger partial charge in [-0.2, -0.15) is 0 Å². The first-order chi connectivity index (χ1) is 7.98. The summed E-state index contributed by atoms with van der Waals surface area (Å²) in [6.07, 6.45) is -1.61. The van der Waals surface area contributed by atoms with Crippen LogP contribution in [0.4, 0.5) is 0 Å². The Morgan fingerprint density at radius 3 is 0.714 bits per heavy atom. The zero-order valence-corrected chi connectivity index (χ0v) is 11.6. The number of hydrogen-bond acceptors (Lipinski definition) is 7. The molecule has 0 heterocycles. The van der Waals surface area contributed by atoms with Crippen LogP contribution in [-0.2, 0) is 19.2 Å². The first kappa shape index (κ1) is 37.1. The molecule has 0 amide bonds. The van der Waals surface area contributed by atoms with E-state index in [4.69, 9.17) is 35.5 Å². The van der Waals surface area contributed by atoms with Crippen LogP contribution in [0.3, 0.4) is 0 Å². The molecule has 0 aliphatic heterocycles. The summed E-state index contributed by atoms with van der Waals surface area (Å²) in [5, 5.41) is 56.1. The van der Waals surface area contributed by atoms with Crippen molar-refractivity contribution in [2.75, 3.05) is 0 Å². The van der Waals surface area contributed by atoms with Gasteiger partial charge in [-0.05, 0) is 0 Å². The van der Waals surface area contributed by atoms with E-state index in [1.54, 1.807) is 0 Å². The molecular weight excluding hydrogens is 280 g/mol. The summed E-state index contributed by atoms with van der Waals surface area (Å²) in [7, 11) is -2.92. The Morgan fingerprint density at radius 1 is 0.619 bits per heavy atom. The van der Waals surface area contributed by atoms with Crippen LogP contribution in [0.2, 0.25) is 0 Å². The number of carboxylic acid groups (broad SMARTS) is 4. The molecule has 0 aliphatic carbocycles. The normalized spacial score (nSPS) is 6.62. The van der Waals surface area contributed by atoms with Crippen LogP contribution in [0, 0.1) is 0 Å². The third-order valence-electron chi connectivity index (χ3n) is 0.605. The molecule has 21 heavy (non-hydrogen) atoms. The Morgan fingerprint density at radius 2 is 0.714 bits per heavy atom. The van der Waals surface area contributed by atoms with E-state index in [-0.39, 0.29) is 56.6 Å². The van der Waals surface area contributed by atoms with E-state index >= 15 is 0 Å². The molecule has 0 aromatic heterocycles. The van der Waals surface area contributed by atoms with Gasteiger partial charge in [-0.1, -0.05) is 0 Å². The minimum absolute atomic E-state index is 0. The second kappa shape index (κ2) is 24.6. The van der Waals surface area contributed by atoms with Crippen molar-refractivity contribution in [3.63, 3.8) is 0 Å². The molecule has 15 heteroatoms. The number of carboxylic acids is 4. The van der Waals surface area contributed by atoms with Crippen LogP contribution in [-0.4, -0.2) is 51.6 Å². The van der Waals surface area contributed by atoms with Crippen molar-refractivity contribution in [2.24, 2.45) is 0 Å². The second-order valence-corrected chi connectivity index (χ2v) is 2.22. The third-order valence-corrected chi connectivity index (χ3v) is 0.605. The SMILES string of the molecule is O=C(O)CC(=O)O.O=C(O)CC(=O)O.[Li+].[Li+].[Li+].[O-]B([O-])[O-]. The molecule has 0 aliphatic rings. The van der Waals surface area contributed by atoms with Crippen molar-refractivity contribution in [1.29, 1.82) is 0 Å². The topological polar surface area (TPSA) is 218 Å². The van der Waals surface area contributed by atoms with Crippen LogP contribution in [0.25, 0.3) is 0 Å². The van der Waals surface area contributed by atoms with E-state index in [1.807, 2.05) is 0 Å². The van der Waals surface area contributed by atoms with E-state index < -0.39 is 44.0 Å². The molecular formula is C6H8BLi3O11. The number of hydrogen-bond donors (Lipinski definition) is 4. The van der Waals surface area contributed by atoms with Crippen molar-refractivity contribution in [3.05, 3.63) is 0 Å². The summed E-state index contributed by atoms with van der Waals surface area (Å²) in [4.78, 5) is 37.7. The van der Waals surface area contributed by atoms with Gasteiger partial charge in [0.05, 0.1) is 0 Å². The van der Waals surface area contributed by atoms with Gasteiger partial charge in [-0.25, -0.2) is 0 Å². The molecule has 104 valence electrons. The van der Waals surface area contributed by atoms with Crippen molar-refractivity contribution in [2.45, 2.75) is 12.8 Å². The van der Waals surface area contributed by atoms with Crippen molar-refractivity contribution < 1.29 is 111 Å². The monoisotopic (exact) mass is 288 g/mol. The molecule has 0 saturated heterocycles. The predicted molar refractivity (Wildman–Crippen MR) is 45.5 cm³/mol. The van der Waals surface area contributed by atoms with E-state index in [1.165, 1.54) is 0 Å². The van der Waals surface area contributed by atoms with Crippen LogP contribution in [0.5, 0.6) is 0 Å². The Bertz CT molecular complexity index is 245. The van der Waals surface area contributed by atoms with Gasteiger partial charge in [-0.3, -0.25) is 26.5 Å². The fourth-order valence-corrected chi connectivity index (χ4v) is 0.259. The van der Waals surface area contributed by atoms with E-state index in [9.17, 15) is 19.2 Å². The summed E-state index contributed by atoms with van der Waals surface area (Å²) in [5.74, 6) is -5.25. The largest absolute Gasteiger partial charge is 1.00 e. The molecule has 0 aromatic carbocycles. The summed E-state index contributed by atoms with van der Waals surface area (Å²) in [6.45, 7) is 0. The minimum Gasteiger partial charge on any atom is -0.907 e. The van der Waals surface area contributed by atoms with Gasteiger partial charge in [0.25, 0.3) is 0 Å². The molecule has 0 rings (SSSR count). The van der Waals surface area contributed by atoms with Gasteiger partial charge in [-0.15, -0.1) is 0 Å². The Kier molecular flexibility index (Phi) is 43.5. The van der Waals surface area contributed by atoms with E-state index in [0.717, 1.165) is 0 Å². The summed E-state index contributed by atoms with van der Waals surface area (Å²) in [6, 6.07) is 0. The molecule has 0 fully saturated rings. The van der Waals surface area contributed by atoms with Crippen LogP contribution in [0.15, 0.2) is 0 Å². The minimum atomic E-state index is -2.92. The molecule has 4 N–H and O–H groups in total. The van der Waals surface area contributed by atoms with E-state index in [2.05, 4.69) is 0 Å². The maximum atomic E-state index is 9.43. The fourth-order valence-electron chi connectivity index (χ4n) is 0.259. The van der Waals surface area contributed by atoms with E-state index in [0.29, 0.717) is 0 Å². The van der Waals surface area contributed by atoms with Crippen LogP contribution >= 0.6 is 0 Å². The molecule has 0 bridgehead atoms. The molecule has 0 aromatic rings. The first-order valence-corrected chi connectivity index (χ1v) is 3.83. The predicted octanol–water partition coefficient (Wildman–Crippen LogP) is -13.8. The number of rotatable bonds is 4. The third kappa shape index (κ3) is 105. The number of aliphatic carboxylic acids is 4. The maximum Gasteiger partial charge on any atom is 1.00 e. The molecule has 0 saturated carbocycles. The summed E-state index contributed by atoms with van der Waals surface area (Å²) in [5.41, 5.74) is 0. The molecule has 0 radical (unpaired) electrons. The zero-order valence-electron chi connectivity index (χ0n) is 11.6. The van der Waals surface area contributed by atoms with Crippen molar-refractivity contribution in [1.82, 2.24) is 0 Å². The maximum absolute atomic E-state index is 9.43.